The molecule has 1 heterocycles. The molecule has 0 amide bonds. The highest BCUT2D eigenvalue weighted by Crippen LogP contribution is 2.18. The van der Waals surface area contributed by atoms with Crippen LogP contribution in [0.1, 0.15) is 20.8 Å². The Hall–Kier alpha value is -2.24. The molecule has 20 heavy (non-hydrogen) atoms. The van der Waals surface area contributed by atoms with Crippen molar-refractivity contribution in [3.63, 3.8) is 0 Å². The molecular formula is C14H19N5O. The third-order valence-corrected chi connectivity index (χ3v) is 3.01. The molecule has 1 aromatic heterocycles. The fourth-order valence-electron chi connectivity index (χ4n) is 1.68. The summed E-state index contributed by atoms with van der Waals surface area (Å²) in [6.07, 6.45) is 0. The van der Waals surface area contributed by atoms with Crippen molar-refractivity contribution in [2.45, 2.75) is 20.8 Å². The number of para-hydroxylation sites is 1. The molecule has 0 aliphatic carbocycles. The van der Waals surface area contributed by atoms with Gasteiger partial charge in [0.1, 0.15) is 0 Å². The van der Waals surface area contributed by atoms with Gasteiger partial charge in [0.25, 0.3) is 5.95 Å². The van der Waals surface area contributed by atoms with Crippen LogP contribution in [0.4, 0.5) is 5.95 Å². The Morgan fingerprint density at radius 1 is 1.25 bits per heavy atom. The van der Waals surface area contributed by atoms with Crippen molar-refractivity contribution < 1.29 is 4.79 Å². The van der Waals surface area contributed by atoms with E-state index in [9.17, 15) is 4.79 Å². The fourth-order valence-corrected chi connectivity index (χ4v) is 1.68. The average molecular weight is 273 g/mol. The smallest absolute Gasteiger partial charge is 0.250 e. The highest BCUT2D eigenvalue weighted by atomic mass is 16.1. The molecule has 0 unspecified atom stereocenters. The summed E-state index contributed by atoms with van der Waals surface area (Å²) < 4.78 is 1.62. The summed E-state index contributed by atoms with van der Waals surface area (Å²) in [7, 11) is 1.81. The number of carbonyl (C=O) groups excluding carboxylic acids is 1. The Morgan fingerprint density at radius 3 is 2.50 bits per heavy atom. The van der Waals surface area contributed by atoms with Crippen molar-refractivity contribution in [3.05, 3.63) is 30.3 Å². The van der Waals surface area contributed by atoms with Crippen LogP contribution in [-0.2, 0) is 4.79 Å². The van der Waals surface area contributed by atoms with Crippen LogP contribution in [0.2, 0.25) is 0 Å². The number of nitrogens with zero attached hydrogens (tertiary/aromatic N) is 5. The largest absolute Gasteiger partial charge is 0.335 e. The number of Topliss-reactive ketones (excluding diaryl/α,β-unsaturated/α-hetero) is 1. The van der Waals surface area contributed by atoms with Crippen molar-refractivity contribution in [2.75, 3.05) is 18.5 Å². The zero-order valence-electron chi connectivity index (χ0n) is 12.2. The molecule has 1 aromatic carbocycles. The molecule has 0 bridgehead atoms. The van der Waals surface area contributed by atoms with Gasteiger partial charge in [-0.1, -0.05) is 44.1 Å². The van der Waals surface area contributed by atoms with Crippen molar-refractivity contribution in [1.29, 1.82) is 0 Å². The second-order valence-corrected chi connectivity index (χ2v) is 5.76. The van der Waals surface area contributed by atoms with E-state index in [-0.39, 0.29) is 17.7 Å². The van der Waals surface area contributed by atoms with Gasteiger partial charge >= 0.3 is 0 Å². The number of benzene rings is 1. The van der Waals surface area contributed by atoms with Gasteiger partial charge in [-0.25, -0.2) is 0 Å². The third kappa shape index (κ3) is 3.01. The molecule has 6 heteroatoms. The first-order valence-electron chi connectivity index (χ1n) is 6.48. The quantitative estimate of drug-likeness (QED) is 0.848. The van der Waals surface area contributed by atoms with Gasteiger partial charge in [0.05, 0.1) is 12.2 Å². The fraction of sp³-hybridized carbons (Fsp3) is 0.429. The topological polar surface area (TPSA) is 63.9 Å². The Labute approximate surface area is 118 Å². The van der Waals surface area contributed by atoms with E-state index < -0.39 is 0 Å². The van der Waals surface area contributed by atoms with Crippen LogP contribution >= 0.6 is 0 Å². The van der Waals surface area contributed by atoms with E-state index in [2.05, 4.69) is 15.5 Å². The van der Waals surface area contributed by atoms with Crippen LogP contribution in [0.15, 0.2) is 30.3 Å². The molecule has 0 spiro atoms. The number of hydrogen-bond acceptors (Lipinski definition) is 5. The van der Waals surface area contributed by atoms with Crippen molar-refractivity contribution >= 4 is 11.7 Å². The van der Waals surface area contributed by atoms with E-state index in [0.29, 0.717) is 5.95 Å². The molecule has 2 rings (SSSR count). The molecule has 0 saturated carbocycles. The zero-order valence-corrected chi connectivity index (χ0v) is 12.2. The Balaban J connectivity index is 2.23. The zero-order chi connectivity index (χ0) is 14.8. The summed E-state index contributed by atoms with van der Waals surface area (Å²) in [5.74, 6) is 0.691. The van der Waals surface area contributed by atoms with Crippen molar-refractivity contribution in [3.8, 4) is 5.69 Å². The Bertz CT molecular complexity index is 585. The first-order chi connectivity index (χ1) is 9.39. The maximum Gasteiger partial charge on any atom is 0.250 e. The number of hydrogen-bond donors (Lipinski definition) is 0. The van der Waals surface area contributed by atoms with Gasteiger partial charge in [0.2, 0.25) is 0 Å². The summed E-state index contributed by atoms with van der Waals surface area (Å²) in [5, 5.41) is 11.7. The van der Waals surface area contributed by atoms with E-state index in [1.807, 2.05) is 58.2 Å². The van der Waals surface area contributed by atoms with E-state index >= 15 is 0 Å². The molecule has 6 nitrogen and oxygen atoms in total. The van der Waals surface area contributed by atoms with Gasteiger partial charge in [0.15, 0.2) is 5.78 Å². The molecule has 0 aliphatic heterocycles. The lowest BCUT2D eigenvalue weighted by Gasteiger charge is -2.22. The van der Waals surface area contributed by atoms with Crippen LogP contribution in [0.5, 0.6) is 0 Å². The Morgan fingerprint density at radius 2 is 1.90 bits per heavy atom. The van der Waals surface area contributed by atoms with E-state index in [1.54, 1.807) is 9.58 Å². The predicted octanol–water partition coefficient (Wildman–Crippen LogP) is 1.71. The number of aromatic nitrogens is 4. The van der Waals surface area contributed by atoms with Gasteiger partial charge in [-0.3, -0.25) is 4.79 Å². The average Bonchev–Trinajstić information content (AvgIpc) is 2.87. The lowest BCUT2D eigenvalue weighted by molar-refractivity contribution is -0.124. The lowest BCUT2D eigenvalue weighted by atomic mass is 9.91. The van der Waals surface area contributed by atoms with Crippen LogP contribution in [0, 0.1) is 5.41 Å². The summed E-state index contributed by atoms with van der Waals surface area (Å²) in [5.41, 5.74) is 0.488. The molecule has 0 fully saturated rings. The number of likely N-dealkylation sites (N-methyl/N-ethyl adjacent to an activating group) is 1. The normalized spacial score (nSPS) is 11.4. The van der Waals surface area contributed by atoms with E-state index in [1.165, 1.54) is 0 Å². The molecule has 0 radical (unpaired) electrons. The van der Waals surface area contributed by atoms with Gasteiger partial charge < -0.3 is 4.90 Å². The predicted molar refractivity (Wildman–Crippen MR) is 76.9 cm³/mol. The highest BCUT2D eigenvalue weighted by molar-refractivity contribution is 5.87. The van der Waals surface area contributed by atoms with E-state index in [0.717, 1.165) is 5.69 Å². The summed E-state index contributed by atoms with van der Waals surface area (Å²) >= 11 is 0. The van der Waals surface area contributed by atoms with Gasteiger partial charge in [-0.2, -0.15) is 4.68 Å². The molecule has 0 N–H and O–H groups in total. The van der Waals surface area contributed by atoms with Crippen LogP contribution in [-0.4, -0.2) is 39.6 Å². The van der Waals surface area contributed by atoms with E-state index in [4.69, 9.17) is 0 Å². The molecule has 0 saturated heterocycles. The monoisotopic (exact) mass is 273 g/mol. The molecular weight excluding hydrogens is 254 g/mol. The van der Waals surface area contributed by atoms with Gasteiger partial charge in [0, 0.05) is 12.5 Å². The van der Waals surface area contributed by atoms with Crippen LogP contribution in [0.3, 0.4) is 0 Å². The SMILES string of the molecule is CN(CC(=O)C(C)(C)C)c1nnnn1-c1ccccc1. The standard InChI is InChI=1S/C14H19N5O/c1-14(2,3)12(20)10-18(4)13-15-16-17-19(13)11-8-6-5-7-9-11/h5-9H,10H2,1-4H3. The number of rotatable bonds is 4. The first-order valence-corrected chi connectivity index (χ1v) is 6.48. The molecule has 0 atom stereocenters. The maximum atomic E-state index is 12.1. The van der Waals surface area contributed by atoms with Gasteiger partial charge in [-0.05, 0) is 22.6 Å². The first kappa shape index (κ1) is 14.2. The molecule has 2 aromatic rings. The molecule has 0 aliphatic rings. The minimum absolute atomic E-state index is 0.141. The Kier molecular flexibility index (Phi) is 3.83. The second-order valence-electron chi connectivity index (χ2n) is 5.76. The third-order valence-electron chi connectivity index (χ3n) is 3.01. The molecule has 106 valence electrons. The van der Waals surface area contributed by atoms with Crippen molar-refractivity contribution in [2.24, 2.45) is 5.41 Å². The lowest BCUT2D eigenvalue weighted by Crippen LogP contribution is -2.34. The maximum absolute atomic E-state index is 12.1. The minimum Gasteiger partial charge on any atom is -0.335 e. The minimum atomic E-state index is -0.376. The highest BCUT2D eigenvalue weighted by Gasteiger charge is 2.24. The number of ketones is 1. The second kappa shape index (κ2) is 5.40. The summed E-state index contributed by atoms with van der Waals surface area (Å²) in [4.78, 5) is 13.9. The number of tetrazole rings is 1. The van der Waals surface area contributed by atoms with Crippen LogP contribution < -0.4 is 4.90 Å². The van der Waals surface area contributed by atoms with Crippen LogP contribution in [0.25, 0.3) is 5.69 Å². The van der Waals surface area contributed by atoms with Crippen molar-refractivity contribution in [1.82, 2.24) is 20.2 Å². The number of carbonyl (C=O) groups is 1. The van der Waals surface area contributed by atoms with Gasteiger partial charge in [-0.15, -0.1) is 0 Å². The number of anilines is 1. The summed E-state index contributed by atoms with van der Waals surface area (Å²) in [6.45, 7) is 5.99. The summed E-state index contributed by atoms with van der Waals surface area (Å²) in [6, 6.07) is 9.60.